The molecule has 0 spiro atoms. The Balaban J connectivity index is 1.76. The van der Waals surface area contributed by atoms with Crippen molar-refractivity contribution in [2.75, 3.05) is 5.32 Å². The largest absolute Gasteiger partial charge is 0.481 e. The van der Waals surface area contributed by atoms with Gasteiger partial charge in [0.15, 0.2) is 6.10 Å². The van der Waals surface area contributed by atoms with Gasteiger partial charge in [0, 0.05) is 11.7 Å². The van der Waals surface area contributed by atoms with Crippen LogP contribution in [0.5, 0.6) is 5.75 Å². The summed E-state index contributed by atoms with van der Waals surface area (Å²) in [6, 6.07) is 14.8. The Morgan fingerprint density at radius 3 is 2.52 bits per heavy atom. The van der Waals surface area contributed by atoms with Crippen molar-refractivity contribution in [3.8, 4) is 5.75 Å². The molecule has 0 aliphatic rings. The van der Waals surface area contributed by atoms with Gasteiger partial charge in [0.25, 0.3) is 5.91 Å². The van der Waals surface area contributed by atoms with Crippen LogP contribution in [0.15, 0.2) is 53.3 Å². The lowest BCUT2D eigenvalue weighted by Gasteiger charge is -2.15. The Labute approximate surface area is 149 Å². The van der Waals surface area contributed by atoms with Crippen molar-refractivity contribution in [1.29, 1.82) is 0 Å². The number of carbonyl (C=O) groups excluding carboxylic acids is 1. The first kappa shape index (κ1) is 17.2. The molecule has 3 aromatic rings. The number of amides is 1. The number of thiazole rings is 1. The van der Waals surface area contributed by atoms with Gasteiger partial charge < -0.3 is 10.1 Å². The molecular weight excluding hydrogens is 336 g/mol. The summed E-state index contributed by atoms with van der Waals surface area (Å²) in [6.07, 6.45) is -0.628. The molecule has 1 amide bonds. The zero-order chi connectivity index (χ0) is 18.0. The van der Waals surface area contributed by atoms with E-state index in [0.717, 1.165) is 10.2 Å². The molecule has 0 fully saturated rings. The highest BCUT2D eigenvalue weighted by Crippen LogP contribution is 2.24. The number of aromatic nitrogens is 1. The molecule has 6 heteroatoms. The van der Waals surface area contributed by atoms with Crippen LogP contribution in [0.2, 0.25) is 0 Å². The van der Waals surface area contributed by atoms with Crippen LogP contribution < -0.4 is 14.9 Å². The first-order chi connectivity index (χ1) is 12.0. The van der Waals surface area contributed by atoms with Crippen molar-refractivity contribution in [3.63, 3.8) is 0 Å². The van der Waals surface area contributed by atoms with E-state index in [1.54, 1.807) is 17.6 Å². The summed E-state index contributed by atoms with van der Waals surface area (Å²) < 4.78 is 8.24. The fraction of sp³-hybridized carbons (Fsp3) is 0.263. The Bertz CT molecular complexity index is 944. The van der Waals surface area contributed by atoms with E-state index >= 15 is 0 Å². The lowest BCUT2D eigenvalue weighted by molar-refractivity contribution is -0.122. The molecule has 5 nitrogen and oxygen atoms in total. The molecule has 0 aliphatic heterocycles. The summed E-state index contributed by atoms with van der Waals surface area (Å²) in [6.45, 7) is 5.66. The summed E-state index contributed by atoms with van der Waals surface area (Å²) >= 11 is 1.18. The number of hydrogen-bond donors (Lipinski definition) is 1. The van der Waals surface area contributed by atoms with Crippen LogP contribution in [0, 0.1) is 0 Å². The van der Waals surface area contributed by atoms with Crippen molar-refractivity contribution >= 4 is 33.1 Å². The third kappa shape index (κ3) is 3.74. The first-order valence-corrected chi connectivity index (χ1v) is 8.95. The zero-order valence-corrected chi connectivity index (χ0v) is 15.2. The molecule has 3 rings (SSSR count). The highest BCUT2D eigenvalue weighted by Gasteiger charge is 2.16. The molecule has 0 aliphatic carbocycles. The Morgan fingerprint density at radius 2 is 1.84 bits per heavy atom. The molecule has 0 radical (unpaired) electrons. The molecule has 0 saturated heterocycles. The lowest BCUT2D eigenvalue weighted by Crippen LogP contribution is -2.30. The first-order valence-electron chi connectivity index (χ1n) is 8.13. The molecule has 130 valence electrons. The number of anilines is 1. The third-order valence-electron chi connectivity index (χ3n) is 3.82. The van der Waals surface area contributed by atoms with Crippen molar-refractivity contribution in [1.82, 2.24) is 4.57 Å². The predicted molar refractivity (Wildman–Crippen MR) is 102 cm³/mol. The number of hydrogen-bond acceptors (Lipinski definition) is 4. The predicted octanol–water partition coefficient (Wildman–Crippen LogP) is 4.05. The number of nitrogens with one attached hydrogen (secondary N) is 1. The van der Waals surface area contributed by atoms with Gasteiger partial charge >= 0.3 is 4.87 Å². The average Bonchev–Trinajstić information content (AvgIpc) is 2.90. The van der Waals surface area contributed by atoms with E-state index in [9.17, 15) is 9.59 Å². The fourth-order valence-electron chi connectivity index (χ4n) is 2.60. The fourth-order valence-corrected chi connectivity index (χ4v) is 3.66. The maximum Gasteiger partial charge on any atom is 0.308 e. The molecule has 0 saturated carbocycles. The van der Waals surface area contributed by atoms with Gasteiger partial charge in [0.1, 0.15) is 5.75 Å². The molecule has 25 heavy (non-hydrogen) atoms. The SMILES string of the molecule is CC(Oc1ccccc1)C(=O)Nc1ccc2c(c1)sc(=O)n2C(C)C. The summed E-state index contributed by atoms with van der Waals surface area (Å²) in [5.74, 6) is 0.409. The minimum absolute atomic E-state index is 0.00857. The van der Waals surface area contributed by atoms with Crippen LogP contribution in [0.25, 0.3) is 10.2 Å². The quantitative estimate of drug-likeness (QED) is 0.750. The summed E-state index contributed by atoms with van der Waals surface area (Å²) in [5.41, 5.74) is 1.54. The van der Waals surface area contributed by atoms with Crippen LogP contribution in [-0.4, -0.2) is 16.6 Å². The third-order valence-corrected chi connectivity index (χ3v) is 4.74. The molecule has 1 unspecified atom stereocenters. The Kier molecular flexibility index (Phi) is 4.90. The number of carbonyl (C=O) groups is 1. The molecular formula is C19H20N2O3S. The van der Waals surface area contributed by atoms with Gasteiger partial charge in [-0.05, 0) is 51.1 Å². The van der Waals surface area contributed by atoms with E-state index in [1.807, 2.05) is 56.3 Å². The summed E-state index contributed by atoms with van der Waals surface area (Å²) in [4.78, 5) is 24.4. The van der Waals surface area contributed by atoms with Crippen LogP contribution in [0.1, 0.15) is 26.8 Å². The topological polar surface area (TPSA) is 60.3 Å². The monoisotopic (exact) mass is 356 g/mol. The summed E-state index contributed by atoms with van der Waals surface area (Å²) in [5, 5.41) is 2.84. The number of fused-ring (bicyclic) bond motifs is 1. The van der Waals surface area contributed by atoms with Crippen LogP contribution >= 0.6 is 11.3 Å². The second-order valence-electron chi connectivity index (χ2n) is 6.08. The van der Waals surface area contributed by atoms with Gasteiger partial charge in [0.2, 0.25) is 0 Å². The summed E-state index contributed by atoms with van der Waals surface area (Å²) in [7, 11) is 0. The van der Waals surface area contributed by atoms with E-state index in [-0.39, 0.29) is 16.8 Å². The molecule has 1 atom stereocenters. The van der Waals surface area contributed by atoms with Gasteiger partial charge in [0.05, 0.1) is 10.2 Å². The van der Waals surface area contributed by atoms with Crippen molar-refractivity contribution < 1.29 is 9.53 Å². The number of nitrogens with zero attached hydrogens (tertiary/aromatic N) is 1. The second kappa shape index (κ2) is 7.11. The van der Waals surface area contributed by atoms with Crippen molar-refractivity contribution in [3.05, 3.63) is 58.2 Å². The number of para-hydroxylation sites is 1. The highest BCUT2D eigenvalue weighted by molar-refractivity contribution is 7.16. The smallest absolute Gasteiger partial charge is 0.308 e. The highest BCUT2D eigenvalue weighted by atomic mass is 32.1. The molecule has 1 aromatic heterocycles. The number of ether oxygens (including phenoxy) is 1. The minimum atomic E-state index is -0.628. The average molecular weight is 356 g/mol. The van der Waals surface area contributed by atoms with Gasteiger partial charge in [-0.15, -0.1) is 0 Å². The molecule has 2 aromatic carbocycles. The van der Waals surface area contributed by atoms with Gasteiger partial charge in [-0.1, -0.05) is 29.5 Å². The standard InChI is InChI=1S/C19H20N2O3S/c1-12(2)21-16-10-9-14(11-17(16)25-19(21)23)20-18(22)13(3)24-15-7-5-4-6-8-15/h4-13H,1-3H3,(H,20,22). The molecule has 1 heterocycles. The van der Waals surface area contributed by atoms with E-state index in [4.69, 9.17) is 4.74 Å². The molecule has 0 bridgehead atoms. The minimum Gasteiger partial charge on any atom is -0.481 e. The van der Waals surface area contributed by atoms with Crippen LogP contribution in [0.3, 0.4) is 0 Å². The Hall–Kier alpha value is -2.60. The lowest BCUT2D eigenvalue weighted by atomic mass is 10.2. The second-order valence-corrected chi connectivity index (χ2v) is 7.07. The number of rotatable bonds is 5. The van der Waals surface area contributed by atoms with Gasteiger partial charge in [-0.2, -0.15) is 0 Å². The maximum atomic E-state index is 12.3. The van der Waals surface area contributed by atoms with Crippen molar-refractivity contribution in [2.45, 2.75) is 32.9 Å². The zero-order valence-electron chi connectivity index (χ0n) is 14.4. The van der Waals surface area contributed by atoms with E-state index in [0.29, 0.717) is 11.4 Å². The van der Waals surface area contributed by atoms with Gasteiger partial charge in [-0.25, -0.2) is 0 Å². The normalized spacial score (nSPS) is 12.3. The van der Waals surface area contributed by atoms with E-state index in [2.05, 4.69) is 5.32 Å². The molecule has 1 N–H and O–H groups in total. The van der Waals surface area contributed by atoms with Crippen molar-refractivity contribution in [2.24, 2.45) is 0 Å². The van der Waals surface area contributed by atoms with Crippen LogP contribution in [-0.2, 0) is 4.79 Å². The van der Waals surface area contributed by atoms with E-state index < -0.39 is 6.10 Å². The maximum absolute atomic E-state index is 12.3. The number of benzene rings is 2. The van der Waals surface area contributed by atoms with Crippen LogP contribution in [0.4, 0.5) is 5.69 Å². The Morgan fingerprint density at radius 1 is 1.12 bits per heavy atom. The van der Waals surface area contributed by atoms with Gasteiger partial charge in [-0.3, -0.25) is 14.2 Å². The van der Waals surface area contributed by atoms with E-state index in [1.165, 1.54) is 11.3 Å².